The predicted octanol–water partition coefficient (Wildman–Crippen LogP) is 6.03. The maximum atomic E-state index is 7.45. The highest BCUT2D eigenvalue weighted by molar-refractivity contribution is 5.61. The molecule has 5 heteroatoms. The minimum Gasteiger partial charge on any atom is -0.414 e. The molecule has 0 N–H and O–H groups in total. The monoisotopic (exact) mass is 360 g/mol. The predicted molar refractivity (Wildman–Crippen MR) is 105 cm³/mol. The average molecular weight is 360 g/mol. The smallest absolute Gasteiger partial charge is 0.335 e. The summed E-state index contributed by atoms with van der Waals surface area (Å²) in [6.45, 7) is 14.0. The van der Waals surface area contributed by atoms with Crippen LogP contribution in [0.15, 0.2) is 40.9 Å². The molecule has 0 saturated heterocycles. The van der Waals surface area contributed by atoms with Gasteiger partial charge in [0.05, 0.1) is 11.6 Å². The summed E-state index contributed by atoms with van der Waals surface area (Å²) in [5, 5.41) is 4.66. The van der Waals surface area contributed by atoms with Crippen LogP contribution >= 0.6 is 0 Å². The molecule has 2 aromatic heterocycles. The molecule has 5 nitrogen and oxygen atoms in total. The Morgan fingerprint density at radius 3 is 2.67 bits per heavy atom. The van der Waals surface area contributed by atoms with Gasteiger partial charge in [-0.1, -0.05) is 63.4 Å². The highest BCUT2D eigenvalue weighted by atomic mass is 16.4. The van der Waals surface area contributed by atoms with Crippen LogP contribution in [0.2, 0.25) is 0 Å². The zero-order chi connectivity index (χ0) is 19.0. The summed E-state index contributed by atoms with van der Waals surface area (Å²) >= 11 is 0. The van der Waals surface area contributed by atoms with Crippen LogP contribution in [0.1, 0.15) is 63.8 Å². The van der Waals surface area contributed by atoms with Gasteiger partial charge >= 0.3 is 5.82 Å². The van der Waals surface area contributed by atoms with Crippen LogP contribution in [0.25, 0.3) is 22.0 Å². The zero-order valence-corrected chi connectivity index (χ0v) is 16.1. The van der Waals surface area contributed by atoms with Crippen molar-refractivity contribution in [2.75, 3.05) is 0 Å². The van der Waals surface area contributed by atoms with E-state index < -0.39 is 0 Å². The molecule has 0 aliphatic heterocycles. The lowest BCUT2D eigenvalue weighted by Gasteiger charge is -2.19. The maximum absolute atomic E-state index is 7.45. The van der Waals surface area contributed by atoms with Crippen LogP contribution in [0, 0.1) is 6.57 Å². The molecule has 0 amide bonds. The lowest BCUT2D eigenvalue weighted by molar-refractivity contribution is 0.430. The molecular formula is C22H24N4O. The third-order valence-corrected chi connectivity index (χ3v) is 5.24. The van der Waals surface area contributed by atoms with Gasteiger partial charge < -0.3 is 9.26 Å². The Hall–Kier alpha value is -2.87. The van der Waals surface area contributed by atoms with Crippen molar-refractivity contribution in [2.45, 2.75) is 57.8 Å². The van der Waals surface area contributed by atoms with Crippen LogP contribution in [0.4, 0.5) is 5.82 Å². The topological polar surface area (TPSA) is 48.2 Å². The molecule has 138 valence electrons. The van der Waals surface area contributed by atoms with E-state index in [0.717, 1.165) is 24.1 Å². The van der Waals surface area contributed by atoms with E-state index in [1.54, 1.807) is 4.68 Å². The second-order valence-electron chi connectivity index (χ2n) is 8.25. The molecular weight excluding hydrogens is 336 g/mol. The van der Waals surface area contributed by atoms with Gasteiger partial charge in [0.15, 0.2) is 0 Å². The van der Waals surface area contributed by atoms with Crippen molar-refractivity contribution in [3.05, 3.63) is 59.4 Å². The number of oxazole rings is 1. The normalized spacial score (nSPS) is 15.2. The Morgan fingerprint density at radius 2 is 1.96 bits per heavy atom. The number of hydrogen-bond donors (Lipinski definition) is 0. The maximum Gasteiger partial charge on any atom is 0.335 e. The van der Waals surface area contributed by atoms with E-state index >= 15 is 0 Å². The Morgan fingerprint density at radius 1 is 1.19 bits per heavy atom. The molecule has 3 aromatic rings. The standard InChI is InChI=1S/C22H24N4O/c1-22(2,3)17-11-7-10-16(14-17)18-12-13-26(25-18)21-19(23-4)24-20(27-21)15-8-5-6-9-15/h7,10-15H,5-6,8-9H2,1-3H3. The van der Waals surface area contributed by atoms with Crippen LogP contribution < -0.4 is 0 Å². The van der Waals surface area contributed by atoms with Crippen molar-refractivity contribution >= 4 is 5.82 Å². The van der Waals surface area contributed by atoms with Crippen molar-refractivity contribution in [3.63, 3.8) is 0 Å². The molecule has 0 bridgehead atoms. The zero-order valence-electron chi connectivity index (χ0n) is 16.1. The highest BCUT2D eigenvalue weighted by Gasteiger charge is 2.28. The first-order chi connectivity index (χ1) is 13.0. The minimum atomic E-state index is 0.0803. The van der Waals surface area contributed by atoms with E-state index in [-0.39, 0.29) is 11.2 Å². The second kappa shape index (κ2) is 6.70. The van der Waals surface area contributed by atoms with Crippen LogP contribution in [-0.2, 0) is 5.41 Å². The SMILES string of the molecule is [C-]#[N+]c1nc(C2CCCC2)oc1-n1ccc(-c2cccc(C(C)(C)C)c2)n1. The summed E-state index contributed by atoms with van der Waals surface area (Å²) in [6.07, 6.45) is 6.41. The highest BCUT2D eigenvalue weighted by Crippen LogP contribution is 2.37. The fourth-order valence-corrected chi connectivity index (χ4v) is 3.63. The fourth-order valence-electron chi connectivity index (χ4n) is 3.63. The number of nitrogens with zero attached hydrogens (tertiary/aromatic N) is 4. The number of hydrogen-bond acceptors (Lipinski definition) is 3. The van der Waals surface area contributed by atoms with E-state index in [4.69, 9.17) is 11.0 Å². The summed E-state index contributed by atoms with van der Waals surface area (Å²) in [6, 6.07) is 10.4. The van der Waals surface area contributed by atoms with Gasteiger partial charge in [0, 0.05) is 11.8 Å². The average Bonchev–Trinajstić information content (AvgIpc) is 3.39. The Balaban J connectivity index is 1.68. The van der Waals surface area contributed by atoms with Crippen molar-refractivity contribution in [2.24, 2.45) is 0 Å². The lowest BCUT2D eigenvalue weighted by Crippen LogP contribution is -2.10. The Kier molecular flexibility index (Phi) is 4.35. The molecule has 0 unspecified atom stereocenters. The van der Waals surface area contributed by atoms with Crippen LogP contribution in [0.5, 0.6) is 0 Å². The van der Waals surface area contributed by atoms with Crippen molar-refractivity contribution in [1.82, 2.24) is 14.8 Å². The number of rotatable bonds is 3. The fraction of sp³-hybridized carbons (Fsp3) is 0.409. The molecule has 1 aliphatic rings. The first kappa shape index (κ1) is 17.5. The molecule has 4 rings (SSSR count). The first-order valence-electron chi connectivity index (χ1n) is 9.51. The molecule has 0 spiro atoms. The third kappa shape index (κ3) is 3.40. The summed E-state index contributed by atoms with van der Waals surface area (Å²) in [5.41, 5.74) is 3.26. The van der Waals surface area contributed by atoms with E-state index in [1.165, 1.54) is 18.4 Å². The summed E-state index contributed by atoms with van der Waals surface area (Å²) in [7, 11) is 0. The van der Waals surface area contributed by atoms with E-state index in [0.29, 0.717) is 17.7 Å². The molecule has 1 saturated carbocycles. The molecule has 0 radical (unpaired) electrons. The van der Waals surface area contributed by atoms with Crippen molar-refractivity contribution in [1.29, 1.82) is 0 Å². The Labute approximate surface area is 159 Å². The van der Waals surface area contributed by atoms with Gasteiger partial charge in [0.2, 0.25) is 5.88 Å². The van der Waals surface area contributed by atoms with Gasteiger partial charge in [-0.15, -0.1) is 0 Å². The van der Waals surface area contributed by atoms with Crippen LogP contribution in [-0.4, -0.2) is 14.8 Å². The van der Waals surface area contributed by atoms with Crippen molar-refractivity contribution in [3.8, 4) is 17.1 Å². The molecule has 1 aromatic carbocycles. The van der Waals surface area contributed by atoms with Crippen LogP contribution in [0.3, 0.4) is 0 Å². The largest absolute Gasteiger partial charge is 0.414 e. The Bertz CT molecular complexity index is 994. The van der Waals surface area contributed by atoms with Gasteiger partial charge in [-0.3, -0.25) is 0 Å². The molecule has 2 heterocycles. The minimum absolute atomic E-state index is 0.0803. The van der Waals surface area contributed by atoms with E-state index in [9.17, 15) is 0 Å². The third-order valence-electron chi connectivity index (χ3n) is 5.24. The summed E-state index contributed by atoms with van der Waals surface area (Å²) in [5.74, 6) is 1.72. The molecule has 27 heavy (non-hydrogen) atoms. The number of aromatic nitrogens is 3. The second-order valence-corrected chi connectivity index (χ2v) is 8.25. The quantitative estimate of drug-likeness (QED) is 0.536. The van der Waals surface area contributed by atoms with Gasteiger partial charge in [-0.25, -0.2) is 4.68 Å². The van der Waals surface area contributed by atoms with Gasteiger partial charge in [0.25, 0.3) is 5.89 Å². The summed E-state index contributed by atoms with van der Waals surface area (Å²) in [4.78, 5) is 7.99. The van der Waals surface area contributed by atoms with Crippen molar-refractivity contribution < 1.29 is 4.42 Å². The van der Waals surface area contributed by atoms with Gasteiger partial charge in [-0.05, 0) is 36.0 Å². The molecule has 1 aliphatic carbocycles. The lowest BCUT2D eigenvalue weighted by atomic mass is 9.86. The first-order valence-corrected chi connectivity index (χ1v) is 9.51. The summed E-state index contributed by atoms with van der Waals surface area (Å²) < 4.78 is 7.62. The van der Waals surface area contributed by atoms with Gasteiger partial charge in [-0.2, -0.15) is 5.10 Å². The van der Waals surface area contributed by atoms with E-state index in [2.05, 4.69) is 60.0 Å². The molecule has 0 atom stereocenters. The van der Waals surface area contributed by atoms with Gasteiger partial charge in [0.1, 0.15) is 0 Å². The van der Waals surface area contributed by atoms with E-state index in [1.807, 2.05) is 12.3 Å². The number of benzene rings is 1. The molecule has 1 fully saturated rings.